The van der Waals surface area contributed by atoms with Gasteiger partial charge in [-0.3, -0.25) is 4.79 Å². The second-order valence-electron chi connectivity index (χ2n) is 5.66. The van der Waals surface area contributed by atoms with Crippen molar-refractivity contribution in [1.29, 1.82) is 0 Å². The first-order valence-corrected chi connectivity index (χ1v) is 6.15. The van der Waals surface area contributed by atoms with Crippen molar-refractivity contribution in [2.24, 2.45) is 0 Å². The Bertz CT molecular complexity index is 495. The Hall–Kier alpha value is -1.51. The van der Waals surface area contributed by atoms with Gasteiger partial charge in [-0.1, -0.05) is 32.0 Å². The van der Waals surface area contributed by atoms with Crippen molar-refractivity contribution in [1.82, 2.24) is 5.32 Å². The highest BCUT2D eigenvalue weighted by atomic mass is 16.2. The SMILES string of the molecule is CC1(C)c2ccccc2N2CCC(=O)NC21C. The summed E-state index contributed by atoms with van der Waals surface area (Å²) in [5, 5.41) is 3.18. The van der Waals surface area contributed by atoms with E-state index in [9.17, 15) is 4.79 Å². The van der Waals surface area contributed by atoms with Crippen LogP contribution in [0.2, 0.25) is 0 Å². The summed E-state index contributed by atoms with van der Waals surface area (Å²) in [5.74, 6) is 0.157. The van der Waals surface area contributed by atoms with Gasteiger partial charge in [0.05, 0.1) is 0 Å². The van der Waals surface area contributed by atoms with E-state index in [1.807, 2.05) is 0 Å². The van der Waals surface area contributed by atoms with Crippen LogP contribution in [0.4, 0.5) is 5.69 Å². The summed E-state index contributed by atoms with van der Waals surface area (Å²) in [6.07, 6.45) is 0.583. The molecule has 1 fully saturated rings. The summed E-state index contributed by atoms with van der Waals surface area (Å²) in [6, 6.07) is 8.46. The maximum absolute atomic E-state index is 11.7. The fraction of sp³-hybridized carbons (Fsp3) is 0.500. The highest BCUT2D eigenvalue weighted by molar-refractivity contribution is 5.82. The molecule has 0 saturated carbocycles. The van der Waals surface area contributed by atoms with Crippen molar-refractivity contribution in [3.8, 4) is 0 Å². The van der Waals surface area contributed by atoms with Gasteiger partial charge in [0.15, 0.2) is 0 Å². The molecule has 3 heteroatoms. The standard InChI is InChI=1S/C14H18N2O/c1-13(2)10-6-4-5-7-11(10)16-9-8-12(17)15-14(13,16)3/h4-7H,8-9H2,1-3H3,(H,15,17). The van der Waals surface area contributed by atoms with Crippen LogP contribution in [0.3, 0.4) is 0 Å². The fourth-order valence-corrected chi connectivity index (χ4v) is 3.19. The number of hydrogen-bond donors (Lipinski definition) is 1. The Balaban J connectivity index is 2.20. The van der Waals surface area contributed by atoms with Gasteiger partial charge in [0.2, 0.25) is 5.91 Å². The fourth-order valence-electron chi connectivity index (χ4n) is 3.19. The van der Waals surface area contributed by atoms with Crippen LogP contribution in [0.1, 0.15) is 32.8 Å². The molecule has 2 heterocycles. The average Bonchev–Trinajstić information content (AvgIpc) is 2.45. The third-order valence-electron chi connectivity index (χ3n) is 4.57. The lowest BCUT2D eigenvalue weighted by Gasteiger charge is -2.48. The smallest absolute Gasteiger partial charge is 0.223 e. The third-order valence-corrected chi connectivity index (χ3v) is 4.57. The molecule has 90 valence electrons. The lowest BCUT2D eigenvalue weighted by molar-refractivity contribution is -0.125. The molecule has 1 aromatic rings. The number of hydrogen-bond acceptors (Lipinski definition) is 2. The van der Waals surface area contributed by atoms with Crippen LogP contribution < -0.4 is 10.2 Å². The minimum absolute atomic E-state index is 0.0698. The van der Waals surface area contributed by atoms with Crippen LogP contribution in [0, 0.1) is 0 Å². The number of fused-ring (bicyclic) bond motifs is 3. The number of benzene rings is 1. The van der Waals surface area contributed by atoms with Gasteiger partial charge in [-0.15, -0.1) is 0 Å². The highest BCUT2D eigenvalue weighted by Gasteiger charge is 2.55. The Labute approximate surface area is 102 Å². The summed E-state index contributed by atoms with van der Waals surface area (Å²) in [6.45, 7) is 7.35. The first-order valence-electron chi connectivity index (χ1n) is 6.15. The topological polar surface area (TPSA) is 32.3 Å². The monoisotopic (exact) mass is 230 g/mol. The van der Waals surface area contributed by atoms with Crippen LogP contribution in [0.15, 0.2) is 24.3 Å². The Morgan fingerprint density at radius 2 is 1.94 bits per heavy atom. The highest BCUT2D eigenvalue weighted by Crippen LogP contribution is 2.51. The van der Waals surface area contributed by atoms with Gasteiger partial charge in [0, 0.05) is 24.1 Å². The second kappa shape index (κ2) is 3.03. The van der Waals surface area contributed by atoms with Gasteiger partial charge in [-0.25, -0.2) is 0 Å². The minimum atomic E-state index is -0.300. The van der Waals surface area contributed by atoms with Gasteiger partial charge in [0.25, 0.3) is 0 Å². The van der Waals surface area contributed by atoms with E-state index >= 15 is 0 Å². The van der Waals surface area contributed by atoms with E-state index in [0.717, 1.165) is 6.54 Å². The molecule has 0 aliphatic carbocycles. The van der Waals surface area contributed by atoms with Crippen LogP contribution >= 0.6 is 0 Å². The van der Waals surface area contributed by atoms with Crippen LogP contribution in [-0.2, 0) is 10.2 Å². The van der Waals surface area contributed by atoms with Crippen LogP contribution in [0.5, 0.6) is 0 Å². The number of rotatable bonds is 0. The number of nitrogens with zero attached hydrogens (tertiary/aromatic N) is 1. The first kappa shape index (κ1) is 10.6. The van der Waals surface area contributed by atoms with E-state index in [1.54, 1.807) is 0 Å². The Morgan fingerprint density at radius 3 is 2.71 bits per heavy atom. The predicted molar refractivity (Wildman–Crippen MR) is 68.0 cm³/mol. The summed E-state index contributed by atoms with van der Waals surface area (Å²) in [7, 11) is 0. The lowest BCUT2D eigenvalue weighted by atomic mass is 9.76. The van der Waals surface area contributed by atoms with Gasteiger partial charge in [-0.2, -0.15) is 0 Å². The zero-order chi connectivity index (χ0) is 12.3. The van der Waals surface area contributed by atoms with Crippen LogP contribution in [-0.4, -0.2) is 18.1 Å². The van der Waals surface area contributed by atoms with Gasteiger partial charge in [-0.05, 0) is 18.6 Å². The quantitative estimate of drug-likeness (QED) is 0.739. The average molecular weight is 230 g/mol. The van der Waals surface area contributed by atoms with Crippen molar-refractivity contribution in [2.45, 2.75) is 38.3 Å². The molecular formula is C14H18N2O. The second-order valence-corrected chi connectivity index (χ2v) is 5.66. The molecule has 0 bridgehead atoms. The maximum Gasteiger partial charge on any atom is 0.223 e. The molecule has 3 rings (SSSR count). The van der Waals surface area contributed by atoms with Crippen molar-refractivity contribution in [3.63, 3.8) is 0 Å². The molecule has 3 nitrogen and oxygen atoms in total. The molecule has 17 heavy (non-hydrogen) atoms. The van der Waals surface area contributed by atoms with Gasteiger partial charge in [0.1, 0.15) is 5.66 Å². The minimum Gasteiger partial charge on any atom is -0.347 e. The number of anilines is 1. The molecule has 1 atom stereocenters. The molecule has 1 aromatic carbocycles. The molecule has 0 aromatic heterocycles. The predicted octanol–water partition coefficient (Wildman–Crippen LogP) is 2.02. The normalized spacial score (nSPS) is 29.6. The lowest BCUT2D eigenvalue weighted by Crippen LogP contribution is -2.68. The molecule has 0 spiro atoms. The maximum atomic E-state index is 11.7. The van der Waals surface area contributed by atoms with E-state index in [4.69, 9.17) is 0 Å². The van der Waals surface area contributed by atoms with E-state index in [2.05, 4.69) is 55.3 Å². The Morgan fingerprint density at radius 1 is 1.24 bits per heavy atom. The molecule has 0 radical (unpaired) electrons. The summed E-state index contributed by atoms with van der Waals surface area (Å²) >= 11 is 0. The summed E-state index contributed by atoms with van der Waals surface area (Å²) < 4.78 is 0. The van der Waals surface area contributed by atoms with E-state index in [-0.39, 0.29) is 17.0 Å². The van der Waals surface area contributed by atoms with E-state index < -0.39 is 0 Å². The molecule has 1 N–H and O–H groups in total. The Kier molecular flexibility index (Phi) is 1.90. The van der Waals surface area contributed by atoms with E-state index in [0.29, 0.717) is 6.42 Å². The van der Waals surface area contributed by atoms with Crippen LogP contribution in [0.25, 0.3) is 0 Å². The molecule has 1 unspecified atom stereocenters. The number of amides is 1. The zero-order valence-corrected chi connectivity index (χ0v) is 10.6. The molecule has 2 aliphatic rings. The van der Waals surface area contributed by atoms with E-state index in [1.165, 1.54) is 11.3 Å². The zero-order valence-electron chi connectivity index (χ0n) is 10.6. The van der Waals surface area contributed by atoms with Crippen molar-refractivity contribution in [3.05, 3.63) is 29.8 Å². The third kappa shape index (κ3) is 1.14. The van der Waals surface area contributed by atoms with Crippen molar-refractivity contribution < 1.29 is 4.79 Å². The number of nitrogens with one attached hydrogen (secondary N) is 1. The largest absolute Gasteiger partial charge is 0.347 e. The summed E-state index contributed by atoms with van der Waals surface area (Å²) in [4.78, 5) is 14.0. The molecule has 1 amide bonds. The molecule has 1 saturated heterocycles. The molecular weight excluding hydrogens is 212 g/mol. The number of para-hydroxylation sites is 1. The van der Waals surface area contributed by atoms with Crippen molar-refractivity contribution in [2.75, 3.05) is 11.4 Å². The number of carbonyl (C=O) groups is 1. The van der Waals surface area contributed by atoms with Gasteiger partial charge < -0.3 is 10.2 Å². The first-order chi connectivity index (χ1) is 7.97. The van der Waals surface area contributed by atoms with Crippen molar-refractivity contribution >= 4 is 11.6 Å². The number of carbonyl (C=O) groups excluding carboxylic acids is 1. The molecule has 2 aliphatic heterocycles. The van der Waals surface area contributed by atoms with Gasteiger partial charge >= 0.3 is 0 Å². The summed E-state index contributed by atoms with van der Waals surface area (Å²) in [5.41, 5.74) is 2.22.